The molecule has 1 aliphatic rings. The molecule has 0 aromatic heterocycles. The van der Waals surface area contributed by atoms with Crippen molar-refractivity contribution in [3.8, 4) is 0 Å². The molecule has 1 N–H and O–H groups in total. The van der Waals surface area contributed by atoms with Crippen molar-refractivity contribution in [1.29, 1.82) is 0 Å². The van der Waals surface area contributed by atoms with Gasteiger partial charge in [-0.25, -0.2) is 0 Å². The highest BCUT2D eigenvalue weighted by Gasteiger charge is 2.05. The lowest BCUT2D eigenvalue weighted by molar-refractivity contribution is -0.128. The largest absolute Gasteiger partial charge is 0.468 e. The molecule has 0 bridgehead atoms. The van der Waals surface area contributed by atoms with Gasteiger partial charge in [-0.1, -0.05) is 0 Å². The summed E-state index contributed by atoms with van der Waals surface area (Å²) < 4.78 is 4.15. The monoisotopic (exact) mass is 159 g/mol. The molecule has 1 saturated heterocycles. The highest BCUT2D eigenvalue weighted by molar-refractivity contribution is 5.77. The number of rotatable bonds is 2. The average Bonchev–Trinajstić information content (AvgIpc) is 2.43. The van der Waals surface area contributed by atoms with Crippen molar-refractivity contribution >= 4 is 12.4 Å². The zero-order chi connectivity index (χ0) is 8.53. The van der Waals surface area contributed by atoms with Gasteiger partial charge in [0.05, 0.1) is 6.61 Å². The Morgan fingerprint density at radius 2 is 2.45 bits per heavy atom. The molecule has 0 saturated carbocycles. The molecule has 1 heterocycles. The topological polar surface area (TPSA) is 55.4 Å². The van der Waals surface area contributed by atoms with Gasteiger partial charge in [-0.3, -0.25) is 9.59 Å². The van der Waals surface area contributed by atoms with Gasteiger partial charge < -0.3 is 10.1 Å². The Morgan fingerprint density at radius 1 is 1.73 bits per heavy atom. The van der Waals surface area contributed by atoms with E-state index in [1.807, 2.05) is 0 Å². The van der Waals surface area contributed by atoms with Crippen molar-refractivity contribution in [2.24, 2.45) is 0 Å². The zero-order valence-electron chi connectivity index (χ0n) is 6.63. The van der Waals surface area contributed by atoms with Crippen LogP contribution < -0.4 is 5.32 Å². The van der Waals surface area contributed by atoms with Gasteiger partial charge in [0.15, 0.2) is 0 Å². The van der Waals surface area contributed by atoms with E-state index in [-0.39, 0.29) is 5.91 Å². The second kappa shape index (κ2) is 7.05. The van der Waals surface area contributed by atoms with Crippen LogP contribution in [-0.2, 0) is 14.3 Å². The summed E-state index contributed by atoms with van der Waals surface area (Å²) in [6.45, 7) is 3.55. The summed E-state index contributed by atoms with van der Waals surface area (Å²) in [5.41, 5.74) is 0. The molecule has 64 valence electrons. The number of hydrogen-bond acceptors (Lipinski definition) is 3. The predicted octanol–water partition coefficient (Wildman–Crippen LogP) is 0.0757. The molecule has 4 nitrogen and oxygen atoms in total. The molecule has 0 unspecified atom stereocenters. The molecule has 0 spiro atoms. The van der Waals surface area contributed by atoms with E-state index in [1.165, 1.54) is 0 Å². The van der Waals surface area contributed by atoms with Gasteiger partial charge >= 0.3 is 0 Å². The quantitative estimate of drug-likeness (QED) is 0.580. The van der Waals surface area contributed by atoms with Crippen molar-refractivity contribution < 1.29 is 14.3 Å². The Hall–Kier alpha value is -1.06. The third-order valence-electron chi connectivity index (χ3n) is 1.14. The maximum absolute atomic E-state index is 10.1. The summed E-state index contributed by atoms with van der Waals surface area (Å²) in [4.78, 5) is 19.3. The van der Waals surface area contributed by atoms with Crippen molar-refractivity contribution in [2.75, 3.05) is 13.2 Å². The van der Waals surface area contributed by atoms with Crippen molar-refractivity contribution in [3.63, 3.8) is 0 Å². The van der Waals surface area contributed by atoms with Crippen LogP contribution in [0.15, 0.2) is 0 Å². The Bertz CT molecular complexity index is 117. The van der Waals surface area contributed by atoms with Crippen LogP contribution in [-0.4, -0.2) is 25.5 Å². The second-order valence-corrected chi connectivity index (χ2v) is 2.01. The molecule has 1 rings (SSSR count). The SMILES string of the molecule is CCOC=O.O=C1CCCN1. The molecule has 0 atom stereocenters. The van der Waals surface area contributed by atoms with Crippen LogP contribution >= 0.6 is 0 Å². The fourth-order valence-corrected chi connectivity index (χ4v) is 0.633. The molecule has 11 heavy (non-hydrogen) atoms. The number of carbonyl (C=O) groups is 2. The molecule has 0 aromatic carbocycles. The van der Waals surface area contributed by atoms with Gasteiger partial charge in [0.1, 0.15) is 0 Å². The molecule has 1 aliphatic heterocycles. The van der Waals surface area contributed by atoms with E-state index in [0.29, 0.717) is 13.1 Å². The Morgan fingerprint density at radius 3 is 2.55 bits per heavy atom. The molecular weight excluding hydrogens is 146 g/mol. The Kier molecular flexibility index (Phi) is 6.37. The van der Waals surface area contributed by atoms with E-state index in [9.17, 15) is 9.59 Å². The van der Waals surface area contributed by atoms with E-state index in [0.717, 1.165) is 19.4 Å². The van der Waals surface area contributed by atoms with E-state index in [4.69, 9.17) is 0 Å². The third kappa shape index (κ3) is 6.83. The first-order valence-corrected chi connectivity index (χ1v) is 3.63. The van der Waals surface area contributed by atoms with Crippen LogP contribution in [0.5, 0.6) is 0 Å². The highest BCUT2D eigenvalue weighted by atomic mass is 16.5. The minimum Gasteiger partial charge on any atom is -0.468 e. The lowest BCUT2D eigenvalue weighted by Crippen LogP contribution is -2.12. The summed E-state index contributed by atoms with van der Waals surface area (Å²) in [5.74, 6) is 0.204. The van der Waals surface area contributed by atoms with Crippen LogP contribution in [0.1, 0.15) is 19.8 Å². The lowest BCUT2D eigenvalue weighted by atomic mass is 10.4. The number of carbonyl (C=O) groups excluding carboxylic acids is 2. The Labute approximate surface area is 65.9 Å². The molecular formula is C7H13NO3. The second-order valence-electron chi connectivity index (χ2n) is 2.01. The lowest BCUT2D eigenvalue weighted by Gasteiger charge is -1.80. The highest BCUT2D eigenvalue weighted by Crippen LogP contribution is 1.93. The van der Waals surface area contributed by atoms with Gasteiger partial charge in [-0.15, -0.1) is 0 Å². The van der Waals surface area contributed by atoms with Gasteiger partial charge in [-0.2, -0.15) is 0 Å². The normalized spacial score (nSPS) is 14.5. The van der Waals surface area contributed by atoms with Crippen LogP contribution in [0, 0.1) is 0 Å². The van der Waals surface area contributed by atoms with Gasteiger partial charge in [-0.05, 0) is 13.3 Å². The summed E-state index contributed by atoms with van der Waals surface area (Å²) in [6.07, 6.45) is 1.76. The minimum atomic E-state index is 0.204. The van der Waals surface area contributed by atoms with E-state index < -0.39 is 0 Å². The third-order valence-corrected chi connectivity index (χ3v) is 1.14. The van der Waals surface area contributed by atoms with Gasteiger partial charge in [0, 0.05) is 13.0 Å². The zero-order valence-corrected chi connectivity index (χ0v) is 6.63. The summed E-state index contributed by atoms with van der Waals surface area (Å²) in [7, 11) is 0. The first-order chi connectivity index (χ1) is 5.31. The van der Waals surface area contributed by atoms with E-state index >= 15 is 0 Å². The Balaban J connectivity index is 0.000000187. The number of ether oxygens (including phenoxy) is 1. The molecule has 1 amide bonds. The average molecular weight is 159 g/mol. The van der Waals surface area contributed by atoms with Crippen LogP contribution in [0.2, 0.25) is 0 Å². The summed E-state index contributed by atoms with van der Waals surface area (Å²) in [5, 5.41) is 2.68. The van der Waals surface area contributed by atoms with Crippen molar-refractivity contribution in [1.82, 2.24) is 5.32 Å². The van der Waals surface area contributed by atoms with Crippen LogP contribution in [0.25, 0.3) is 0 Å². The fraction of sp³-hybridized carbons (Fsp3) is 0.714. The predicted molar refractivity (Wildman–Crippen MR) is 39.9 cm³/mol. The van der Waals surface area contributed by atoms with Crippen molar-refractivity contribution in [2.45, 2.75) is 19.8 Å². The maximum Gasteiger partial charge on any atom is 0.293 e. The molecule has 0 aliphatic carbocycles. The van der Waals surface area contributed by atoms with E-state index in [1.54, 1.807) is 6.92 Å². The fourth-order valence-electron chi connectivity index (χ4n) is 0.633. The smallest absolute Gasteiger partial charge is 0.293 e. The van der Waals surface area contributed by atoms with Crippen LogP contribution in [0.4, 0.5) is 0 Å². The summed E-state index contributed by atoms with van der Waals surface area (Å²) in [6, 6.07) is 0. The van der Waals surface area contributed by atoms with Gasteiger partial charge in [0.2, 0.25) is 5.91 Å². The summed E-state index contributed by atoms with van der Waals surface area (Å²) >= 11 is 0. The molecule has 4 heteroatoms. The standard InChI is InChI=1S/C4H7NO.C3H6O2/c6-4-2-1-3-5-4;1-2-5-3-4/h1-3H2,(H,5,6);3H,2H2,1H3. The number of hydrogen-bond donors (Lipinski definition) is 1. The molecule has 0 aromatic rings. The van der Waals surface area contributed by atoms with E-state index in [2.05, 4.69) is 10.1 Å². The van der Waals surface area contributed by atoms with Gasteiger partial charge in [0.25, 0.3) is 6.47 Å². The van der Waals surface area contributed by atoms with Crippen LogP contribution in [0.3, 0.4) is 0 Å². The molecule has 0 radical (unpaired) electrons. The number of amides is 1. The first-order valence-electron chi connectivity index (χ1n) is 3.63. The first kappa shape index (κ1) is 9.94. The van der Waals surface area contributed by atoms with Crippen molar-refractivity contribution in [3.05, 3.63) is 0 Å². The molecule has 1 fully saturated rings. The minimum absolute atomic E-state index is 0.204. The maximum atomic E-state index is 10.1. The number of nitrogens with one attached hydrogen (secondary N) is 1.